The Balaban J connectivity index is 1.17. The van der Waals surface area contributed by atoms with E-state index in [4.69, 9.17) is 9.72 Å². The van der Waals surface area contributed by atoms with Crippen molar-refractivity contribution < 1.29 is 9.53 Å². The molecule has 0 saturated carbocycles. The fraction of sp³-hybridized carbons (Fsp3) is 0.214. The number of benzene rings is 1. The monoisotopic (exact) mass is 521 g/mol. The van der Waals surface area contributed by atoms with E-state index in [-0.39, 0.29) is 11.9 Å². The van der Waals surface area contributed by atoms with Gasteiger partial charge in [-0.3, -0.25) is 4.79 Å². The van der Waals surface area contributed by atoms with Gasteiger partial charge in [0.25, 0.3) is 0 Å². The summed E-state index contributed by atoms with van der Waals surface area (Å²) in [5.74, 6) is 2.76. The molecule has 1 aliphatic rings. The highest BCUT2D eigenvalue weighted by Gasteiger charge is 2.21. The summed E-state index contributed by atoms with van der Waals surface area (Å²) >= 11 is 0. The van der Waals surface area contributed by atoms with Crippen molar-refractivity contribution in [1.29, 1.82) is 0 Å². The van der Waals surface area contributed by atoms with Crippen LogP contribution in [0.3, 0.4) is 0 Å². The Bertz CT molecular complexity index is 1670. The van der Waals surface area contributed by atoms with E-state index in [1.807, 2.05) is 60.5 Å². The lowest BCUT2D eigenvalue weighted by Crippen LogP contribution is -2.41. The minimum Gasteiger partial charge on any atom is -0.457 e. The first-order valence-corrected chi connectivity index (χ1v) is 12.7. The maximum absolute atomic E-state index is 11.9. The number of amides is 1. The first-order valence-electron chi connectivity index (χ1n) is 12.7. The van der Waals surface area contributed by atoms with Crippen LogP contribution in [0.15, 0.2) is 74.0 Å². The zero-order valence-corrected chi connectivity index (χ0v) is 21.4. The van der Waals surface area contributed by atoms with Gasteiger partial charge in [0.15, 0.2) is 11.5 Å². The molecule has 39 heavy (non-hydrogen) atoms. The van der Waals surface area contributed by atoms with Gasteiger partial charge in [-0.05, 0) is 67.8 Å². The molecule has 0 bridgehead atoms. The molecule has 1 aliphatic heterocycles. The van der Waals surface area contributed by atoms with Crippen molar-refractivity contribution in [3.8, 4) is 11.5 Å². The largest absolute Gasteiger partial charge is 0.457 e. The molecule has 196 valence electrons. The Morgan fingerprint density at radius 1 is 1.08 bits per heavy atom. The molecule has 2 N–H and O–H groups in total. The molecular weight excluding hydrogens is 494 g/mol. The van der Waals surface area contributed by atoms with Crippen molar-refractivity contribution >= 4 is 39.9 Å². The third-order valence-corrected chi connectivity index (χ3v) is 6.73. The molecule has 1 aromatic carbocycles. The van der Waals surface area contributed by atoms with Crippen molar-refractivity contribution in [2.45, 2.75) is 25.8 Å². The van der Waals surface area contributed by atoms with E-state index in [1.165, 1.54) is 18.7 Å². The van der Waals surface area contributed by atoms with E-state index in [2.05, 4.69) is 37.3 Å². The Kier molecular flexibility index (Phi) is 6.45. The van der Waals surface area contributed by atoms with Crippen LogP contribution < -0.4 is 15.4 Å². The molecule has 1 amide bonds. The Labute approximate surface area is 224 Å². The number of nitrogens with zero attached hydrogens (tertiary/aromatic N) is 7. The number of fused-ring (bicyclic) bond motifs is 2. The standard InChI is InChI=1S/C28H27N9O2/c1-3-26(38)36-11-8-19(9-12-36)33-24-7-5-22-27(35-24)28(31-16-29-22)34-20-4-6-23(18(2)14-20)39-21-10-13-37-25(15-21)30-17-32-37/h3-7,10,13-17,19H,1,8-9,11-12H2,2H3,(H,33,35)(H,29,31,34). The molecule has 6 rings (SSSR count). The number of hydrogen-bond acceptors (Lipinski definition) is 9. The SMILES string of the molecule is C=CC(=O)N1CCC(Nc2ccc3ncnc(Nc4ccc(Oc5ccn6ncnc6c5)c(C)c4)c3n2)CC1. The Morgan fingerprint density at radius 3 is 2.77 bits per heavy atom. The molecule has 0 spiro atoms. The molecular formula is C28H27N9O2. The van der Waals surface area contributed by atoms with Crippen molar-refractivity contribution in [2.24, 2.45) is 0 Å². The summed E-state index contributed by atoms with van der Waals surface area (Å²) in [4.78, 5) is 31.5. The van der Waals surface area contributed by atoms with Gasteiger partial charge >= 0.3 is 0 Å². The predicted octanol–water partition coefficient (Wildman–Crippen LogP) is 4.50. The number of carbonyl (C=O) groups is 1. The summed E-state index contributed by atoms with van der Waals surface area (Å²) in [6, 6.07) is 13.6. The third kappa shape index (κ3) is 5.19. The van der Waals surface area contributed by atoms with Gasteiger partial charge in [0.2, 0.25) is 5.91 Å². The van der Waals surface area contributed by atoms with Crippen LogP contribution in [0.4, 0.5) is 17.3 Å². The van der Waals surface area contributed by atoms with Crippen LogP contribution in [-0.4, -0.2) is 59.5 Å². The maximum Gasteiger partial charge on any atom is 0.245 e. The van der Waals surface area contributed by atoms with Crippen molar-refractivity contribution in [1.82, 2.24) is 34.4 Å². The number of nitrogens with one attached hydrogen (secondary N) is 2. The molecule has 5 aromatic rings. The molecule has 0 unspecified atom stereocenters. The summed E-state index contributed by atoms with van der Waals surface area (Å²) < 4.78 is 7.78. The van der Waals surface area contributed by atoms with Crippen LogP contribution >= 0.6 is 0 Å². The fourth-order valence-corrected chi connectivity index (χ4v) is 4.66. The van der Waals surface area contributed by atoms with Crippen molar-refractivity contribution in [2.75, 3.05) is 23.7 Å². The summed E-state index contributed by atoms with van der Waals surface area (Å²) in [5, 5.41) is 11.0. The molecule has 0 aliphatic carbocycles. The molecule has 5 heterocycles. The molecule has 1 fully saturated rings. The van der Waals surface area contributed by atoms with Crippen LogP contribution in [-0.2, 0) is 4.79 Å². The first-order chi connectivity index (χ1) is 19.1. The van der Waals surface area contributed by atoms with Gasteiger partial charge in [-0.1, -0.05) is 6.58 Å². The number of ether oxygens (including phenoxy) is 1. The van der Waals surface area contributed by atoms with Gasteiger partial charge in [0.05, 0.1) is 5.52 Å². The predicted molar refractivity (Wildman–Crippen MR) is 148 cm³/mol. The van der Waals surface area contributed by atoms with Gasteiger partial charge < -0.3 is 20.3 Å². The third-order valence-electron chi connectivity index (χ3n) is 6.73. The number of likely N-dealkylation sites (tertiary alicyclic amines) is 1. The zero-order valence-electron chi connectivity index (χ0n) is 21.4. The van der Waals surface area contributed by atoms with E-state index in [9.17, 15) is 4.79 Å². The average Bonchev–Trinajstić information content (AvgIpc) is 3.43. The number of hydrogen-bond donors (Lipinski definition) is 2. The van der Waals surface area contributed by atoms with E-state index in [0.717, 1.165) is 41.2 Å². The lowest BCUT2D eigenvalue weighted by molar-refractivity contribution is -0.126. The molecule has 0 radical (unpaired) electrons. The second-order valence-corrected chi connectivity index (χ2v) is 9.37. The minimum absolute atomic E-state index is 0.0200. The highest BCUT2D eigenvalue weighted by molar-refractivity contribution is 5.88. The van der Waals surface area contributed by atoms with Crippen molar-refractivity contribution in [3.05, 3.63) is 79.5 Å². The number of pyridine rings is 2. The lowest BCUT2D eigenvalue weighted by Gasteiger charge is -2.32. The quantitative estimate of drug-likeness (QED) is 0.298. The highest BCUT2D eigenvalue weighted by Crippen LogP contribution is 2.30. The average molecular weight is 522 g/mol. The van der Waals surface area contributed by atoms with Crippen molar-refractivity contribution in [3.63, 3.8) is 0 Å². The number of carbonyl (C=O) groups excluding carboxylic acids is 1. The fourth-order valence-electron chi connectivity index (χ4n) is 4.66. The molecule has 0 atom stereocenters. The molecule has 11 heteroatoms. The number of aryl methyl sites for hydroxylation is 1. The smallest absolute Gasteiger partial charge is 0.245 e. The summed E-state index contributed by atoms with van der Waals surface area (Å²) in [7, 11) is 0. The first kappa shape index (κ1) is 24.3. The number of rotatable bonds is 7. The van der Waals surface area contributed by atoms with Crippen LogP contribution in [0.5, 0.6) is 11.5 Å². The van der Waals surface area contributed by atoms with E-state index < -0.39 is 0 Å². The maximum atomic E-state index is 11.9. The van der Waals surface area contributed by atoms with Crippen LogP contribution in [0, 0.1) is 6.92 Å². The van der Waals surface area contributed by atoms with E-state index in [0.29, 0.717) is 35.8 Å². The molecule has 4 aromatic heterocycles. The summed E-state index contributed by atoms with van der Waals surface area (Å²) in [6.07, 6.45) is 7.90. The normalized spacial score (nSPS) is 13.9. The summed E-state index contributed by atoms with van der Waals surface area (Å²) in [5.41, 5.74) is 3.93. The second-order valence-electron chi connectivity index (χ2n) is 9.37. The zero-order chi connectivity index (χ0) is 26.8. The molecule has 1 saturated heterocycles. The van der Waals surface area contributed by atoms with Gasteiger partial charge in [0.1, 0.15) is 35.5 Å². The lowest BCUT2D eigenvalue weighted by atomic mass is 10.0. The van der Waals surface area contributed by atoms with Crippen LogP contribution in [0.2, 0.25) is 0 Å². The van der Waals surface area contributed by atoms with Gasteiger partial charge in [-0.25, -0.2) is 24.5 Å². The van der Waals surface area contributed by atoms with Crippen LogP contribution in [0.25, 0.3) is 16.7 Å². The topological polar surface area (TPSA) is 122 Å². The number of piperidine rings is 1. The Hall–Kier alpha value is -5.06. The van der Waals surface area contributed by atoms with Gasteiger partial charge in [-0.15, -0.1) is 0 Å². The van der Waals surface area contributed by atoms with Gasteiger partial charge in [-0.2, -0.15) is 5.10 Å². The highest BCUT2D eigenvalue weighted by atomic mass is 16.5. The molecule has 11 nitrogen and oxygen atoms in total. The van der Waals surface area contributed by atoms with Crippen LogP contribution in [0.1, 0.15) is 18.4 Å². The van der Waals surface area contributed by atoms with E-state index in [1.54, 1.807) is 4.52 Å². The van der Waals surface area contributed by atoms with Gasteiger partial charge in [0, 0.05) is 37.1 Å². The Morgan fingerprint density at radius 2 is 1.95 bits per heavy atom. The van der Waals surface area contributed by atoms with E-state index >= 15 is 0 Å². The second kappa shape index (κ2) is 10.4. The number of anilines is 3. The summed E-state index contributed by atoms with van der Waals surface area (Å²) in [6.45, 7) is 6.96. The minimum atomic E-state index is -0.0200. The number of aromatic nitrogens is 6.